The first-order chi connectivity index (χ1) is 11.6. The maximum atomic E-state index is 12.1. The second-order valence-corrected chi connectivity index (χ2v) is 6.84. The second-order valence-electron chi connectivity index (χ2n) is 5.27. The summed E-state index contributed by atoms with van der Waals surface area (Å²) in [6, 6.07) is 15.6. The molecular weight excluding hydrogens is 433 g/mol. The Labute approximate surface area is 159 Å². The van der Waals surface area contributed by atoms with Crippen molar-refractivity contribution in [1.29, 1.82) is 0 Å². The number of carbonyl (C=O) groups is 1. The van der Waals surface area contributed by atoms with Crippen LogP contribution in [0.3, 0.4) is 0 Å². The Morgan fingerprint density at radius 1 is 1.04 bits per heavy atom. The van der Waals surface area contributed by atoms with Crippen molar-refractivity contribution in [3.63, 3.8) is 0 Å². The van der Waals surface area contributed by atoms with Gasteiger partial charge in [-0.25, -0.2) is 0 Å². The van der Waals surface area contributed by atoms with Gasteiger partial charge in [-0.15, -0.1) is 0 Å². The lowest BCUT2D eigenvalue weighted by atomic mass is 10.00. The molecule has 6 heteroatoms. The molecular formula is C18H16IN3OS. The van der Waals surface area contributed by atoms with Crippen molar-refractivity contribution < 1.29 is 4.79 Å². The van der Waals surface area contributed by atoms with E-state index in [2.05, 4.69) is 38.5 Å². The summed E-state index contributed by atoms with van der Waals surface area (Å²) in [6.07, 6.45) is 2.80. The summed E-state index contributed by atoms with van der Waals surface area (Å²) in [5, 5.41) is 9.76. The van der Waals surface area contributed by atoms with Crippen molar-refractivity contribution in [1.82, 2.24) is 5.32 Å². The molecule has 2 aromatic rings. The number of hydrogen-bond acceptors (Lipinski definition) is 2. The van der Waals surface area contributed by atoms with Crippen molar-refractivity contribution in [3.8, 4) is 0 Å². The molecule has 1 heterocycles. The molecule has 3 rings (SSSR count). The van der Waals surface area contributed by atoms with E-state index in [1.54, 1.807) is 0 Å². The number of benzene rings is 2. The number of rotatable bonds is 3. The molecule has 0 fully saturated rings. The van der Waals surface area contributed by atoms with Crippen LogP contribution in [0.5, 0.6) is 0 Å². The fourth-order valence-corrected chi connectivity index (χ4v) is 3.23. The first kappa shape index (κ1) is 16.9. The van der Waals surface area contributed by atoms with Gasteiger partial charge in [-0.1, -0.05) is 36.4 Å². The Morgan fingerprint density at radius 3 is 2.46 bits per heavy atom. The van der Waals surface area contributed by atoms with Crippen molar-refractivity contribution in [2.24, 2.45) is 0 Å². The van der Waals surface area contributed by atoms with Crippen LogP contribution in [0.4, 0.5) is 11.4 Å². The lowest BCUT2D eigenvalue weighted by Crippen LogP contribution is -2.29. The number of anilines is 2. The largest absolute Gasteiger partial charge is 0.352 e. The number of halogens is 1. The summed E-state index contributed by atoms with van der Waals surface area (Å²) in [5.74, 6) is -0.0491. The monoisotopic (exact) mass is 449 g/mol. The van der Waals surface area contributed by atoms with Crippen molar-refractivity contribution in [2.45, 2.75) is 6.42 Å². The molecule has 1 aliphatic heterocycles. The predicted molar refractivity (Wildman–Crippen MR) is 111 cm³/mol. The predicted octanol–water partition coefficient (Wildman–Crippen LogP) is 4.00. The van der Waals surface area contributed by atoms with Crippen molar-refractivity contribution in [3.05, 3.63) is 63.7 Å². The Morgan fingerprint density at radius 2 is 1.71 bits per heavy atom. The molecule has 0 spiro atoms. The fourth-order valence-electron chi connectivity index (χ4n) is 2.49. The van der Waals surface area contributed by atoms with Gasteiger partial charge in [0.1, 0.15) is 0 Å². The van der Waals surface area contributed by atoms with Gasteiger partial charge in [0.2, 0.25) is 0 Å². The third kappa shape index (κ3) is 3.93. The van der Waals surface area contributed by atoms with Gasteiger partial charge in [0.15, 0.2) is 5.11 Å². The van der Waals surface area contributed by atoms with E-state index >= 15 is 0 Å². The molecule has 24 heavy (non-hydrogen) atoms. The van der Waals surface area contributed by atoms with Crippen molar-refractivity contribution in [2.75, 3.05) is 17.2 Å². The van der Waals surface area contributed by atoms with Gasteiger partial charge in [-0.3, -0.25) is 4.79 Å². The molecule has 2 aromatic carbocycles. The third-order valence-corrected chi connectivity index (χ3v) is 4.76. The van der Waals surface area contributed by atoms with Crippen LogP contribution in [-0.2, 0) is 4.79 Å². The molecule has 0 atom stereocenters. The lowest BCUT2D eigenvalue weighted by Gasteiger charge is -2.18. The van der Waals surface area contributed by atoms with Gasteiger partial charge in [-0.05, 0) is 59.4 Å². The standard InChI is InChI=1S/C18H16IN3OS/c19-14-8-2-4-10-16(14)22-18(24)21-15-9-3-1-6-12(15)13-7-5-11-20-17(13)23/h1-4,6-10H,5,11H2,(H,20,23)(H2,21,22,24). The minimum Gasteiger partial charge on any atom is -0.352 e. The number of carbonyl (C=O) groups excluding carboxylic acids is 1. The highest BCUT2D eigenvalue weighted by atomic mass is 127. The Bertz CT molecular complexity index is 819. The van der Waals surface area contributed by atoms with Crippen LogP contribution >= 0.6 is 34.8 Å². The lowest BCUT2D eigenvalue weighted by molar-refractivity contribution is -0.115. The van der Waals surface area contributed by atoms with E-state index in [-0.39, 0.29) is 5.91 Å². The molecule has 4 nitrogen and oxygen atoms in total. The summed E-state index contributed by atoms with van der Waals surface area (Å²) in [6.45, 7) is 0.685. The maximum Gasteiger partial charge on any atom is 0.251 e. The Kier molecular flexibility index (Phi) is 5.47. The maximum absolute atomic E-state index is 12.1. The average molecular weight is 449 g/mol. The molecule has 3 N–H and O–H groups in total. The SMILES string of the molecule is O=C1NCCC=C1c1ccccc1NC(=S)Nc1ccccc1I. The summed E-state index contributed by atoms with van der Waals surface area (Å²) in [5.41, 5.74) is 3.29. The molecule has 0 aromatic heterocycles. The number of amides is 1. The average Bonchev–Trinajstić information content (AvgIpc) is 2.58. The van der Waals surface area contributed by atoms with E-state index in [1.807, 2.05) is 54.6 Å². The van der Waals surface area contributed by atoms with E-state index in [4.69, 9.17) is 12.2 Å². The molecule has 0 saturated heterocycles. The third-order valence-electron chi connectivity index (χ3n) is 3.61. The second kappa shape index (κ2) is 7.76. The van der Waals surface area contributed by atoms with Gasteiger partial charge >= 0.3 is 0 Å². The zero-order chi connectivity index (χ0) is 16.9. The summed E-state index contributed by atoms with van der Waals surface area (Å²) >= 11 is 7.68. The number of nitrogens with one attached hydrogen (secondary N) is 3. The summed E-state index contributed by atoms with van der Waals surface area (Å²) < 4.78 is 1.09. The van der Waals surface area contributed by atoms with Crippen LogP contribution in [0.15, 0.2) is 54.6 Å². The van der Waals surface area contributed by atoms with E-state index in [0.717, 1.165) is 26.9 Å². The highest BCUT2D eigenvalue weighted by Crippen LogP contribution is 2.26. The molecule has 0 aliphatic carbocycles. The summed E-state index contributed by atoms with van der Waals surface area (Å²) in [4.78, 5) is 12.1. The first-order valence-corrected chi connectivity index (χ1v) is 9.04. The first-order valence-electron chi connectivity index (χ1n) is 7.55. The molecule has 0 bridgehead atoms. The topological polar surface area (TPSA) is 53.2 Å². The molecule has 0 radical (unpaired) electrons. The number of para-hydroxylation sites is 2. The highest BCUT2D eigenvalue weighted by Gasteiger charge is 2.18. The van der Waals surface area contributed by atoms with Crippen LogP contribution in [-0.4, -0.2) is 17.6 Å². The smallest absolute Gasteiger partial charge is 0.251 e. The van der Waals surface area contributed by atoms with E-state index in [0.29, 0.717) is 17.2 Å². The van der Waals surface area contributed by atoms with Gasteiger partial charge in [0.05, 0.1) is 5.69 Å². The van der Waals surface area contributed by atoms with Crippen LogP contribution in [0.25, 0.3) is 5.57 Å². The number of hydrogen-bond donors (Lipinski definition) is 3. The van der Waals surface area contributed by atoms with E-state index < -0.39 is 0 Å². The van der Waals surface area contributed by atoms with Crippen LogP contribution in [0, 0.1) is 3.57 Å². The zero-order valence-electron chi connectivity index (χ0n) is 12.8. The Hall–Kier alpha value is -1.93. The van der Waals surface area contributed by atoms with E-state index in [1.165, 1.54) is 0 Å². The zero-order valence-corrected chi connectivity index (χ0v) is 15.8. The minimum absolute atomic E-state index is 0.0491. The molecule has 1 aliphatic rings. The quantitative estimate of drug-likeness (QED) is 0.490. The minimum atomic E-state index is -0.0491. The summed E-state index contributed by atoms with van der Waals surface area (Å²) in [7, 11) is 0. The van der Waals surface area contributed by atoms with Crippen molar-refractivity contribution >= 4 is 62.8 Å². The van der Waals surface area contributed by atoms with Crippen LogP contribution in [0.2, 0.25) is 0 Å². The van der Waals surface area contributed by atoms with Gasteiger partial charge in [-0.2, -0.15) is 0 Å². The van der Waals surface area contributed by atoms with Gasteiger partial charge < -0.3 is 16.0 Å². The fraction of sp³-hybridized carbons (Fsp3) is 0.111. The Balaban J connectivity index is 1.81. The van der Waals surface area contributed by atoms with Crippen LogP contribution < -0.4 is 16.0 Å². The molecule has 0 saturated carbocycles. The highest BCUT2D eigenvalue weighted by molar-refractivity contribution is 14.1. The molecule has 0 unspecified atom stereocenters. The molecule has 122 valence electrons. The van der Waals surface area contributed by atoms with Gasteiger partial charge in [0, 0.05) is 26.9 Å². The van der Waals surface area contributed by atoms with Crippen LogP contribution in [0.1, 0.15) is 12.0 Å². The molecule has 1 amide bonds. The number of thiocarbonyl (C=S) groups is 1. The van der Waals surface area contributed by atoms with E-state index in [9.17, 15) is 4.79 Å². The van der Waals surface area contributed by atoms with Gasteiger partial charge in [0.25, 0.3) is 5.91 Å². The normalized spacial score (nSPS) is 13.7.